The van der Waals surface area contributed by atoms with Gasteiger partial charge in [0, 0.05) is 13.2 Å². The van der Waals surface area contributed by atoms with Crippen LogP contribution in [-0.4, -0.2) is 28.9 Å². The molecule has 0 saturated carbocycles. The van der Waals surface area contributed by atoms with Crippen molar-refractivity contribution in [2.45, 2.75) is 26.3 Å². The fraction of sp³-hybridized carbons (Fsp3) is 0.667. The van der Waals surface area contributed by atoms with Crippen LogP contribution in [-0.2, 0) is 16.6 Å². The molecular formula is C12H19N3O2. The minimum atomic E-state index is -0.355. The number of carbonyl (C=O) groups excluding carboxylic acids is 1. The van der Waals surface area contributed by atoms with Gasteiger partial charge in [-0.2, -0.15) is 5.10 Å². The molecule has 1 aromatic rings. The minimum Gasteiger partial charge on any atom is -0.379 e. The highest BCUT2D eigenvalue weighted by atomic mass is 16.5. The van der Waals surface area contributed by atoms with Crippen molar-refractivity contribution in [1.82, 2.24) is 15.1 Å². The molecule has 1 amide bonds. The molecule has 1 atom stereocenters. The van der Waals surface area contributed by atoms with Crippen LogP contribution in [0.2, 0.25) is 0 Å². The number of ether oxygens (including phenoxy) is 1. The summed E-state index contributed by atoms with van der Waals surface area (Å²) < 4.78 is 6.91. The smallest absolute Gasteiger partial charge is 0.231 e. The Morgan fingerprint density at radius 3 is 2.82 bits per heavy atom. The number of amides is 1. The Morgan fingerprint density at radius 2 is 2.41 bits per heavy atom. The highest BCUT2D eigenvalue weighted by Gasteiger charge is 2.41. The number of rotatable bonds is 4. The van der Waals surface area contributed by atoms with Crippen LogP contribution in [0.25, 0.3) is 0 Å². The molecule has 0 aliphatic carbocycles. The van der Waals surface area contributed by atoms with Crippen LogP contribution in [0, 0.1) is 5.41 Å². The van der Waals surface area contributed by atoms with E-state index in [1.54, 1.807) is 10.9 Å². The zero-order chi connectivity index (χ0) is 12.5. The molecule has 1 saturated heterocycles. The minimum absolute atomic E-state index is 0.0208. The molecule has 0 spiro atoms. The maximum atomic E-state index is 12.1. The van der Waals surface area contributed by atoms with Crippen LogP contribution in [0.1, 0.15) is 32.0 Å². The Bertz CT molecular complexity index is 410. The summed E-state index contributed by atoms with van der Waals surface area (Å²) >= 11 is 0. The van der Waals surface area contributed by atoms with Crippen molar-refractivity contribution in [3.05, 3.63) is 18.0 Å². The van der Waals surface area contributed by atoms with E-state index in [4.69, 9.17) is 4.74 Å². The first-order valence-electron chi connectivity index (χ1n) is 5.93. The molecular weight excluding hydrogens is 218 g/mol. The zero-order valence-corrected chi connectivity index (χ0v) is 10.6. The largest absolute Gasteiger partial charge is 0.379 e. The first kappa shape index (κ1) is 12.1. The van der Waals surface area contributed by atoms with Crippen molar-refractivity contribution in [2.75, 3.05) is 13.2 Å². The normalized spacial score (nSPS) is 19.5. The Kier molecular flexibility index (Phi) is 3.19. The predicted octanol–water partition coefficient (Wildman–Crippen LogP) is 1.02. The number of nitrogens with one attached hydrogen (secondary N) is 1. The van der Waals surface area contributed by atoms with Gasteiger partial charge in [0.1, 0.15) is 0 Å². The zero-order valence-electron chi connectivity index (χ0n) is 10.6. The second kappa shape index (κ2) is 4.49. The SMILES string of the molecule is CCC(NC(=O)C1(C)COC1)c1ccnn1C. The molecule has 0 radical (unpaired) electrons. The van der Waals surface area contributed by atoms with Gasteiger partial charge in [-0.15, -0.1) is 0 Å². The quantitative estimate of drug-likeness (QED) is 0.850. The second-order valence-electron chi connectivity index (χ2n) is 4.87. The highest BCUT2D eigenvalue weighted by molar-refractivity contribution is 5.83. The first-order valence-corrected chi connectivity index (χ1v) is 5.93. The van der Waals surface area contributed by atoms with E-state index < -0.39 is 0 Å². The van der Waals surface area contributed by atoms with E-state index in [1.807, 2.05) is 20.0 Å². The lowest BCUT2D eigenvalue weighted by atomic mass is 9.87. The molecule has 1 aliphatic heterocycles. The van der Waals surface area contributed by atoms with E-state index >= 15 is 0 Å². The van der Waals surface area contributed by atoms with Crippen molar-refractivity contribution in [3.63, 3.8) is 0 Å². The standard InChI is InChI=1S/C12H19N3O2/c1-4-9(10-5-6-13-15(10)3)14-11(16)12(2)7-17-8-12/h5-6,9H,4,7-8H2,1-3H3,(H,14,16). The maximum Gasteiger partial charge on any atom is 0.231 e. The van der Waals surface area contributed by atoms with Gasteiger partial charge in [0.15, 0.2) is 0 Å². The van der Waals surface area contributed by atoms with E-state index in [-0.39, 0.29) is 17.4 Å². The Labute approximate surface area is 101 Å². The molecule has 0 bridgehead atoms. The predicted molar refractivity (Wildman–Crippen MR) is 63.3 cm³/mol. The fourth-order valence-electron chi connectivity index (χ4n) is 1.98. The molecule has 1 aliphatic rings. The van der Waals surface area contributed by atoms with Crippen LogP contribution in [0.5, 0.6) is 0 Å². The number of hydrogen-bond acceptors (Lipinski definition) is 3. The van der Waals surface area contributed by atoms with Crippen molar-refractivity contribution >= 4 is 5.91 Å². The number of nitrogens with zero attached hydrogens (tertiary/aromatic N) is 2. The van der Waals surface area contributed by atoms with Gasteiger partial charge in [0.25, 0.3) is 0 Å². The second-order valence-corrected chi connectivity index (χ2v) is 4.87. The fourth-order valence-corrected chi connectivity index (χ4v) is 1.98. The van der Waals surface area contributed by atoms with Crippen LogP contribution < -0.4 is 5.32 Å². The van der Waals surface area contributed by atoms with E-state index in [0.717, 1.165) is 12.1 Å². The van der Waals surface area contributed by atoms with Gasteiger partial charge in [0.05, 0.1) is 30.4 Å². The molecule has 1 fully saturated rings. The lowest BCUT2D eigenvalue weighted by Gasteiger charge is -2.37. The van der Waals surface area contributed by atoms with Gasteiger partial charge in [-0.3, -0.25) is 9.48 Å². The van der Waals surface area contributed by atoms with E-state index in [0.29, 0.717) is 13.2 Å². The number of aryl methyl sites for hydroxylation is 1. The van der Waals surface area contributed by atoms with Crippen LogP contribution in [0.3, 0.4) is 0 Å². The summed E-state index contributed by atoms with van der Waals surface area (Å²) in [5.74, 6) is 0.0665. The third-order valence-corrected chi connectivity index (χ3v) is 3.32. The Hall–Kier alpha value is -1.36. The van der Waals surface area contributed by atoms with Crippen LogP contribution >= 0.6 is 0 Å². The monoisotopic (exact) mass is 237 g/mol. The topological polar surface area (TPSA) is 56.1 Å². The molecule has 94 valence electrons. The molecule has 2 rings (SSSR count). The van der Waals surface area contributed by atoms with Gasteiger partial charge in [-0.25, -0.2) is 0 Å². The molecule has 1 N–H and O–H groups in total. The van der Waals surface area contributed by atoms with Gasteiger partial charge in [-0.1, -0.05) is 6.92 Å². The van der Waals surface area contributed by atoms with Gasteiger partial charge < -0.3 is 10.1 Å². The third-order valence-electron chi connectivity index (χ3n) is 3.32. The molecule has 1 aromatic heterocycles. The lowest BCUT2D eigenvalue weighted by molar-refractivity contribution is -0.158. The van der Waals surface area contributed by atoms with Crippen molar-refractivity contribution in [2.24, 2.45) is 12.5 Å². The molecule has 0 aromatic carbocycles. The summed E-state index contributed by atoms with van der Waals surface area (Å²) in [6, 6.07) is 1.96. The van der Waals surface area contributed by atoms with E-state index in [1.165, 1.54) is 0 Å². The number of carbonyl (C=O) groups is 1. The maximum absolute atomic E-state index is 12.1. The van der Waals surface area contributed by atoms with E-state index in [2.05, 4.69) is 17.3 Å². The Morgan fingerprint density at radius 1 is 1.71 bits per heavy atom. The van der Waals surface area contributed by atoms with Crippen LogP contribution in [0.4, 0.5) is 0 Å². The Balaban J connectivity index is 2.06. The summed E-state index contributed by atoms with van der Waals surface area (Å²) in [6.45, 7) is 5.01. The van der Waals surface area contributed by atoms with Crippen molar-refractivity contribution in [1.29, 1.82) is 0 Å². The summed E-state index contributed by atoms with van der Waals surface area (Å²) in [5.41, 5.74) is 0.677. The molecule has 5 nitrogen and oxygen atoms in total. The van der Waals surface area contributed by atoms with Gasteiger partial charge >= 0.3 is 0 Å². The van der Waals surface area contributed by atoms with Gasteiger partial charge in [0.2, 0.25) is 5.91 Å². The summed E-state index contributed by atoms with van der Waals surface area (Å²) in [4.78, 5) is 12.1. The summed E-state index contributed by atoms with van der Waals surface area (Å²) in [7, 11) is 1.89. The summed E-state index contributed by atoms with van der Waals surface area (Å²) in [6.07, 6.45) is 2.60. The summed E-state index contributed by atoms with van der Waals surface area (Å²) in [5, 5.41) is 7.20. The molecule has 17 heavy (non-hydrogen) atoms. The van der Waals surface area contributed by atoms with Crippen LogP contribution in [0.15, 0.2) is 12.3 Å². The first-order chi connectivity index (χ1) is 8.07. The van der Waals surface area contributed by atoms with Crippen molar-refractivity contribution in [3.8, 4) is 0 Å². The molecule has 1 unspecified atom stereocenters. The highest BCUT2D eigenvalue weighted by Crippen LogP contribution is 2.28. The number of hydrogen-bond donors (Lipinski definition) is 1. The van der Waals surface area contributed by atoms with Crippen molar-refractivity contribution < 1.29 is 9.53 Å². The average molecular weight is 237 g/mol. The molecule has 5 heteroatoms. The van der Waals surface area contributed by atoms with Gasteiger partial charge in [-0.05, 0) is 19.4 Å². The molecule has 2 heterocycles. The average Bonchev–Trinajstić information content (AvgIpc) is 2.68. The van der Waals surface area contributed by atoms with E-state index in [9.17, 15) is 4.79 Å². The lowest BCUT2D eigenvalue weighted by Crippen LogP contribution is -2.52. The third kappa shape index (κ3) is 2.20. The number of aromatic nitrogens is 2.